The van der Waals surface area contributed by atoms with Crippen molar-refractivity contribution >= 4 is 23.4 Å². The maximum absolute atomic E-state index is 12.3. The summed E-state index contributed by atoms with van der Waals surface area (Å²) in [7, 11) is 1.59. The molecule has 1 heterocycles. The summed E-state index contributed by atoms with van der Waals surface area (Å²) in [6.45, 7) is 9.20. The lowest BCUT2D eigenvalue weighted by Crippen LogP contribution is -2.53. The number of halogens is 1. The minimum Gasteiger partial charge on any atom is -0.496 e. The van der Waals surface area contributed by atoms with E-state index in [2.05, 4.69) is 10.2 Å². The van der Waals surface area contributed by atoms with E-state index in [0.717, 1.165) is 5.56 Å². The molecule has 0 aromatic heterocycles. The quantitative estimate of drug-likeness (QED) is 0.849. The molecule has 1 aliphatic rings. The Balaban J connectivity index is 1.79. The van der Waals surface area contributed by atoms with Crippen LogP contribution in [0, 0.1) is 5.41 Å². The molecule has 7 heteroatoms. The summed E-state index contributed by atoms with van der Waals surface area (Å²) in [5, 5.41) is 3.51. The maximum Gasteiger partial charge on any atom is 0.234 e. The van der Waals surface area contributed by atoms with Gasteiger partial charge in [-0.1, -0.05) is 32.4 Å². The van der Waals surface area contributed by atoms with Crippen LogP contribution in [-0.4, -0.2) is 61.4 Å². The highest BCUT2D eigenvalue weighted by atomic mass is 35.5. The fourth-order valence-electron chi connectivity index (χ4n) is 2.92. The van der Waals surface area contributed by atoms with Gasteiger partial charge in [0.15, 0.2) is 0 Å². The molecule has 1 N–H and O–H groups in total. The van der Waals surface area contributed by atoms with Crippen molar-refractivity contribution in [3.05, 3.63) is 28.8 Å². The molecule has 1 aromatic carbocycles. The van der Waals surface area contributed by atoms with Crippen LogP contribution in [0.25, 0.3) is 0 Å². The number of hydrogen-bond acceptors (Lipinski definition) is 4. The van der Waals surface area contributed by atoms with Gasteiger partial charge in [0, 0.05) is 48.7 Å². The molecule has 1 aromatic rings. The van der Waals surface area contributed by atoms with Crippen molar-refractivity contribution in [1.82, 2.24) is 15.1 Å². The Morgan fingerprint density at radius 1 is 1.19 bits per heavy atom. The molecule has 1 aliphatic heterocycles. The number of nitrogens with zero attached hydrogens (tertiary/aromatic N) is 2. The molecule has 1 fully saturated rings. The second-order valence-corrected chi connectivity index (χ2v) is 7.99. The Morgan fingerprint density at radius 2 is 1.85 bits per heavy atom. The third-order valence-electron chi connectivity index (χ3n) is 4.39. The highest BCUT2D eigenvalue weighted by Crippen LogP contribution is 2.22. The maximum atomic E-state index is 12.3. The average Bonchev–Trinajstić information content (AvgIpc) is 2.59. The van der Waals surface area contributed by atoms with Gasteiger partial charge in [-0.2, -0.15) is 0 Å². The van der Waals surface area contributed by atoms with Gasteiger partial charge in [0.1, 0.15) is 5.75 Å². The average molecular weight is 382 g/mol. The zero-order valence-corrected chi connectivity index (χ0v) is 16.7. The Morgan fingerprint density at radius 3 is 2.42 bits per heavy atom. The minimum absolute atomic E-state index is 0.0531. The van der Waals surface area contributed by atoms with Crippen LogP contribution in [0.4, 0.5) is 0 Å². The largest absolute Gasteiger partial charge is 0.496 e. The zero-order chi connectivity index (χ0) is 19.3. The van der Waals surface area contributed by atoms with Gasteiger partial charge in [-0.15, -0.1) is 0 Å². The van der Waals surface area contributed by atoms with Crippen molar-refractivity contribution in [3.8, 4) is 5.75 Å². The molecular weight excluding hydrogens is 354 g/mol. The highest BCUT2D eigenvalue weighted by Gasteiger charge is 2.29. The number of amides is 2. The SMILES string of the molecule is COc1ccc(Cl)cc1CNC(=O)CN1CCN(C(=O)C(C)(C)C)CC1. The van der Waals surface area contributed by atoms with E-state index in [9.17, 15) is 9.59 Å². The third-order valence-corrected chi connectivity index (χ3v) is 4.62. The molecule has 0 bridgehead atoms. The van der Waals surface area contributed by atoms with Crippen LogP contribution in [0.3, 0.4) is 0 Å². The number of rotatable bonds is 5. The summed E-state index contributed by atoms with van der Waals surface area (Å²) in [6, 6.07) is 5.33. The minimum atomic E-state index is -0.366. The van der Waals surface area contributed by atoms with Crippen LogP contribution in [0.2, 0.25) is 5.02 Å². The molecule has 2 amide bonds. The highest BCUT2D eigenvalue weighted by molar-refractivity contribution is 6.30. The molecule has 0 radical (unpaired) electrons. The number of methoxy groups -OCH3 is 1. The van der Waals surface area contributed by atoms with E-state index in [-0.39, 0.29) is 17.2 Å². The van der Waals surface area contributed by atoms with E-state index >= 15 is 0 Å². The van der Waals surface area contributed by atoms with Crippen molar-refractivity contribution < 1.29 is 14.3 Å². The molecule has 2 rings (SSSR count). The summed E-state index contributed by atoms with van der Waals surface area (Å²) in [6.07, 6.45) is 0. The predicted octanol–water partition coefficient (Wildman–Crippen LogP) is 2.16. The molecule has 0 spiro atoms. The monoisotopic (exact) mass is 381 g/mol. The number of carbonyl (C=O) groups excluding carboxylic acids is 2. The lowest BCUT2D eigenvalue weighted by atomic mass is 9.94. The van der Waals surface area contributed by atoms with Crippen LogP contribution >= 0.6 is 11.6 Å². The van der Waals surface area contributed by atoms with Gasteiger partial charge in [-0.3, -0.25) is 14.5 Å². The van der Waals surface area contributed by atoms with Crippen molar-refractivity contribution in [2.75, 3.05) is 39.8 Å². The molecular formula is C19H28ClN3O3. The molecule has 6 nitrogen and oxygen atoms in total. The van der Waals surface area contributed by atoms with Gasteiger partial charge in [0.05, 0.1) is 13.7 Å². The number of ether oxygens (including phenoxy) is 1. The Hall–Kier alpha value is -1.79. The first-order chi connectivity index (χ1) is 12.2. The predicted molar refractivity (Wildman–Crippen MR) is 102 cm³/mol. The van der Waals surface area contributed by atoms with E-state index in [0.29, 0.717) is 50.0 Å². The number of piperazine rings is 1. The second-order valence-electron chi connectivity index (χ2n) is 7.55. The van der Waals surface area contributed by atoms with Gasteiger partial charge in [0.2, 0.25) is 11.8 Å². The van der Waals surface area contributed by atoms with E-state index in [4.69, 9.17) is 16.3 Å². The molecule has 0 unspecified atom stereocenters. The molecule has 0 aliphatic carbocycles. The standard InChI is InChI=1S/C19H28ClN3O3/c1-19(2,3)18(25)23-9-7-22(8-10-23)13-17(24)21-12-14-11-15(20)5-6-16(14)26-4/h5-6,11H,7-10,12-13H2,1-4H3,(H,21,24). The van der Waals surface area contributed by atoms with Crippen LogP contribution in [0.5, 0.6) is 5.75 Å². The molecule has 26 heavy (non-hydrogen) atoms. The van der Waals surface area contributed by atoms with Gasteiger partial charge in [-0.25, -0.2) is 0 Å². The first kappa shape index (κ1) is 20.5. The molecule has 0 atom stereocenters. The van der Waals surface area contributed by atoms with Gasteiger partial charge in [0.25, 0.3) is 0 Å². The number of nitrogens with one attached hydrogen (secondary N) is 1. The molecule has 1 saturated heterocycles. The Kier molecular flexibility index (Phi) is 6.89. The van der Waals surface area contributed by atoms with Gasteiger partial charge in [-0.05, 0) is 18.2 Å². The normalized spacial score (nSPS) is 15.7. The van der Waals surface area contributed by atoms with Gasteiger partial charge >= 0.3 is 0 Å². The Labute approximate surface area is 160 Å². The summed E-state index contributed by atoms with van der Waals surface area (Å²) in [5.41, 5.74) is 0.476. The van der Waals surface area contributed by atoms with Crippen molar-refractivity contribution in [2.45, 2.75) is 27.3 Å². The lowest BCUT2D eigenvalue weighted by Gasteiger charge is -2.37. The fraction of sp³-hybridized carbons (Fsp3) is 0.579. The third kappa shape index (κ3) is 5.61. The Bertz CT molecular complexity index is 650. The number of benzene rings is 1. The summed E-state index contributed by atoms with van der Waals surface area (Å²) in [4.78, 5) is 28.5. The van der Waals surface area contributed by atoms with E-state index in [1.807, 2.05) is 25.7 Å². The topological polar surface area (TPSA) is 61.9 Å². The van der Waals surface area contributed by atoms with Crippen LogP contribution < -0.4 is 10.1 Å². The number of carbonyl (C=O) groups is 2. The summed E-state index contributed by atoms with van der Waals surface area (Å²) >= 11 is 6.01. The van der Waals surface area contributed by atoms with E-state index in [1.165, 1.54) is 0 Å². The second kappa shape index (κ2) is 8.73. The van der Waals surface area contributed by atoms with Crippen molar-refractivity contribution in [3.63, 3.8) is 0 Å². The van der Waals surface area contributed by atoms with E-state index in [1.54, 1.807) is 25.3 Å². The van der Waals surface area contributed by atoms with Crippen LogP contribution in [0.1, 0.15) is 26.3 Å². The van der Waals surface area contributed by atoms with Crippen LogP contribution in [0.15, 0.2) is 18.2 Å². The van der Waals surface area contributed by atoms with Crippen LogP contribution in [-0.2, 0) is 16.1 Å². The molecule has 0 saturated carbocycles. The zero-order valence-electron chi connectivity index (χ0n) is 16.0. The molecule has 144 valence electrons. The van der Waals surface area contributed by atoms with E-state index < -0.39 is 0 Å². The van der Waals surface area contributed by atoms with Crippen molar-refractivity contribution in [2.24, 2.45) is 5.41 Å². The summed E-state index contributed by atoms with van der Waals surface area (Å²) in [5.74, 6) is 0.807. The smallest absolute Gasteiger partial charge is 0.234 e. The van der Waals surface area contributed by atoms with Gasteiger partial charge < -0.3 is 15.0 Å². The fourth-order valence-corrected chi connectivity index (χ4v) is 3.12. The number of hydrogen-bond donors (Lipinski definition) is 1. The first-order valence-electron chi connectivity index (χ1n) is 8.81. The van der Waals surface area contributed by atoms with Crippen molar-refractivity contribution in [1.29, 1.82) is 0 Å². The summed E-state index contributed by atoms with van der Waals surface area (Å²) < 4.78 is 5.29. The lowest BCUT2D eigenvalue weighted by molar-refractivity contribution is -0.141. The first-order valence-corrected chi connectivity index (χ1v) is 9.19.